The summed E-state index contributed by atoms with van der Waals surface area (Å²) in [4.78, 5) is 42.9. The Labute approximate surface area is 284 Å². The maximum absolute atomic E-state index is 12.5. The van der Waals surface area contributed by atoms with Crippen LogP contribution < -0.4 is 19.9 Å². The molecule has 2 aromatic rings. The zero-order chi connectivity index (χ0) is 33.3. The number of piperazine rings is 1. The normalized spacial score (nSPS) is 13.4. The molecule has 1 heterocycles. The van der Waals surface area contributed by atoms with E-state index < -0.39 is 5.97 Å². The van der Waals surface area contributed by atoms with Crippen LogP contribution in [0.3, 0.4) is 0 Å². The van der Waals surface area contributed by atoms with Gasteiger partial charge in [-0.25, -0.2) is 0 Å². The van der Waals surface area contributed by atoms with Gasteiger partial charge in [-0.05, 0) is 62.9 Å². The van der Waals surface area contributed by atoms with Gasteiger partial charge < -0.3 is 19.7 Å². The average molecular weight is 678 g/mol. The third-order valence-electron chi connectivity index (χ3n) is 8.12. The van der Waals surface area contributed by atoms with Crippen LogP contribution in [0.2, 0.25) is 10.0 Å². The predicted molar refractivity (Wildman–Crippen MR) is 186 cm³/mol. The molecule has 0 radical (unpaired) electrons. The van der Waals surface area contributed by atoms with Gasteiger partial charge in [0, 0.05) is 58.6 Å². The highest BCUT2D eigenvalue weighted by Crippen LogP contribution is 2.33. The van der Waals surface area contributed by atoms with Crippen LogP contribution in [0.15, 0.2) is 36.4 Å². The second-order valence-corrected chi connectivity index (χ2v) is 12.5. The third-order valence-corrected chi connectivity index (χ3v) is 8.93. The highest BCUT2D eigenvalue weighted by molar-refractivity contribution is 6.43. The maximum Gasteiger partial charge on any atom is 0.307 e. The number of rotatable bonds is 19. The Morgan fingerprint density at radius 1 is 0.935 bits per heavy atom. The molecule has 254 valence electrons. The summed E-state index contributed by atoms with van der Waals surface area (Å²) in [5.41, 5.74) is 2.51. The van der Waals surface area contributed by atoms with Crippen molar-refractivity contribution in [1.82, 2.24) is 10.2 Å². The number of anilines is 2. The number of unbranched alkanes of at least 4 members (excludes halogenated alkanes) is 4. The molecule has 0 aromatic heterocycles. The molecule has 1 fully saturated rings. The van der Waals surface area contributed by atoms with Crippen molar-refractivity contribution in [2.24, 2.45) is 0 Å². The Bertz CT molecular complexity index is 1270. The molecule has 0 atom stereocenters. The summed E-state index contributed by atoms with van der Waals surface area (Å²) in [7, 11) is 0. The van der Waals surface area contributed by atoms with Crippen LogP contribution in [0.5, 0.6) is 5.75 Å². The number of esters is 1. The fourth-order valence-corrected chi connectivity index (χ4v) is 5.76. The zero-order valence-corrected chi connectivity index (χ0v) is 29.1. The first-order valence-corrected chi connectivity index (χ1v) is 17.3. The summed E-state index contributed by atoms with van der Waals surface area (Å²) >= 11 is 12.6. The van der Waals surface area contributed by atoms with E-state index in [1.165, 1.54) is 11.8 Å². The Balaban J connectivity index is 1.35. The Kier molecular flexibility index (Phi) is 16.5. The minimum atomic E-state index is -0.414. The van der Waals surface area contributed by atoms with Crippen LogP contribution in [0.1, 0.15) is 77.2 Å². The molecular weight excluding hydrogens is 627 g/mol. The molecule has 1 N–H and O–H groups in total. The number of carbonyl (C=O) groups excluding carboxylic acids is 3. The van der Waals surface area contributed by atoms with Gasteiger partial charge in [0.2, 0.25) is 11.8 Å². The molecule has 1 aliphatic heterocycles. The molecule has 2 amide bonds. The van der Waals surface area contributed by atoms with E-state index >= 15 is 0 Å². The lowest BCUT2D eigenvalue weighted by Gasteiger charge is -2.36. The highest BCUT2D eigenvalue weighted by Gasteiger charge is 2.20. The van der Waals surface area contributed by atoms with Gasteiger partial charge in [-0.2, -0.15) is 0 Å². The van der Waals surface area contributed by atoms with Gasteiger partial charge >= 0.3 is 5.97 Å². The molecule has 2 aromatic carbocycles. The molecule has 0 bridgehead atoms. The van der Waals surface area contributed by atoms with Crippen molar-refractivity contribution in [3.63, 3.8) is 0 Å². The number of ether oxygens (including phenoxy) is 2. The number of aryl methyl sites for hydroxylation is 1. The fourth-order valence-electron chi connectivity index (χ4n) is 5.35. The van der Waals surface area contributed by atoms with Crippen molar-refractivity contribution in [1.29, 1.82) is 0 Å². The van der Waals surface area contributed by atoms with E-state index in [0.717, 1.165) is 82.5 Å². The van der Waals surface area contributed by atoms with Gasteiger partial charge in [-0.1, -0.05) is 61.5 Å². The van der Waals surface area contributed by atoms with Gasteiger partial charge in [0.15, 0.2) is 6.73 Å². The summed E-state index contributed by atoms with van der Waals surface area (Å²) in [5, 5.41) is 4.05. The molecule has 0 aliphatic carbocycles. The zero-order valence-electron chi connectivity index (χ0n) is 27.6. The van der Waals surface area contributed by atoms with Crippen LogP contribution in [0, 0.1) is 6.92 Å². The number of carbonyl (C=O) groups is 3. The van der Waals surface area contributed by atoms with Gasteiger partial charge in [0.05, 0.1) is 28.0 Å². The Morgan fingerprint density at radius 3 is 2.46 bits per heavy atom. The van der Waals surface area contributed by atoms with E-state index in [-0.39, 0.29) is 25.0 Å². The SMILES string of the molecule is CCCCCCC(=O)NCCCC(=O)OCN(C(C)=O)c1cc(OCCCCN2CCN(c3cccc(Cl)c3Cl)CC2)ccc1C. The molecule has 1 aliphatic rings. The fraction of sp³-hybridized carbons (Fsp3) is 0.571. The molecule has 46 heavy (non-hydrogen) atoms. The van der Waals surface area contributed by atoms with E-state index in [0.29, 0.717) is 47.5 Å². The molecule has 1 saturated heterocycles. The van der Waals surface area contributed by atoms with Gasteiger partial charge in [-0.3, -0.25) is 24.2 Å². The summed E-state index contributed by atoms with van der Waals surface area (Å²) < 4.78 is 11.5. The van der Waals surface area contributed by atoms with Gasteiger partial charge in [-0.15, -0.1) is 0 Å². The van der Waals surface area contributed by atoms with E-state index in [9.17, 15) is 14.4 Å². The first kappa shape index (κ1) is 37.4. The highest BCUT2D eigenvalue weighted by atomic mass is 35.5. The Morgan fingerprint density at radius 2 is 1.72 bits per heavy atom. The smallest absolute Gasteiger partial charge is 0.307 e. The number of amides is 2. The summed E-state index contributed by atoms with van der Waals surface area (Å²) in [6.45, 7) is 11.0. The van der Waals surface area contributed by atoms with E-state index in [1.54, 1.807) is 0 Å². The minimum Gasteiger partial charge on any atom is -0.494 e. The molecule has 11 heteroatoms. The maximum atomic E-state index is 12.5. The molecule has 0 saturated carbocycles. The van der Waals surface area contributed by atoms with E-state index in [4.69, 9.17) is 32.7 Å². The largest absolute Gasteiger partial charge is 0.494 e. The topological polar surface area (TPSA) is 91.4 Å². The summed E-state index contributed by atoms with van der Waals surface area (Å²) in [6, 6.07) is 11.4. The van der Waals surface area contributed by atoms with Crippen molar-refractivity contribution < 1.29 is 23.9 Å². The molecule has 0 unspecified atom stereocenters. The molecule has 0 spiro atoms. The summed E-state index contributed by atoms with van der Waals surface area (Å²) in [5.74, 6) is 0.0276. The predicted octanol–water partition coefficient (Wildman–Crippen LogP) is 7.00. The van der Waals surface area contributed by atoms with Crippen LogP contribution in [-0.2, 0) is 19.1 Å². The van der Waals surface area contributed by atoms with E-state index in [1.807, 2.05) is 43.3 Å². The van der Waals surface area contributed by atoms with E-state index in [2.05, 4.69) is 22.0 Å². The van der Waals surface area contributed by atoms with Crippen LogP contribution >= 0.6 is 23.2 Å². The van der Waals surface area contributed by atoms with Crippen molar-refractivity contribution in [3.05, 3.63) is 52.0 Å². The minimum absolute atomic E-state index is 0.0138. The number of benzene rings is 2. The summed E-state index contributed by atoms with van der Waals surface area (Å²) in [6.07, 6.45) is 7.27. The molecular formula is C35H50Cl2N4O5. The second-order valence-electron chi connectivity index (χ2n) is 11.8. The van der Waals surface area contributed by atoms with Crippen LogP contribution in [-0.4, -0.2) is 75.3 Å². The lowest BCUT2D eigenvalue weighted by molar-refractivity contribution is -0.144. The van der Waals surface area contributed by atoms with Crippen molar-refractivity contribution >= 4 is 52.4 Å². The number of nitrogens with one attached hydrogen (secondary N) is 1. The van der Waals surface area contributed by atoms with Crippen molar-refractivity contribution in [2.45, 2.75) is 78.6 Å². The lowest BCUT2D eigenvalue weighted by Crippen LogP contribution is -2.46. The number of hydrogen-bond donors (Lipinski definition) is 1. The van der Waals surface area contributed by atoms with Gasteiger partial charge in [0.1, 0.15) is 5.75 Å². The molecule has 3 rings (SSSR count). The van der Waals surface area contributed by atoms with Crippen molar-refractivity contribution in [3.8, 4) is 5.75 Å². The second kappa shape index (κ2) is 20.3. The average Bonchev–Trinajstić information content (AvgIpc) is 3.04. The number of nitrogens with zero attached hydrogens (tertiary/aromatic N) is 3. The van der Waals surface area contributed by atoms with Gasteiger partial charge in [0.25, 0.3) is 0 Å². The lowest BCUT2D eigenvalue weighted by atomic mass is 10.1. The number of halogens is 2. The monoisotopic (exact) mass is 676 g/mol. The van der Waals surface area contributed by atoms with Crippen LogP contribution in [0.25, 0.3) is 0 Å². The third kappa shape index (κ3) is 12.6. The standard InChI is InChI=1S/C35H50Cl2N4O5/c1-4-5-6-7-14-33(43)38-18-11-15-34(44)46-26-41(28(3)42)32-25-29(17-16-27(32)2)45-24-9-8-19-39-20-22-40(23-21-39)31-13-10-12-30(36)35(31)37/h10,12-13,16-17,25H,4-9,11,14-15,18-24,26H2,1-3H3,(H,38,43). The first-order valence-electron chi connectivity index (χ1n) is 16.5. The first-order chi connectivity index (χ1) is 22.2. The van der Waals surface area contributed by atoms with Crippen LogP contribution in [0.4, 0.5) is 11.4 Å². The molecule has 9 nitrogen and oxygen atoms in total. The number of hydrogen-bond acceptors (Lipinski definition) is 7. The Hall–Kier alpha value is -3.01. The van der Waals surface area contributed by atoms with Crippen molar-refractivity contribution in [2.75, 3.05) is 62.4 Å². The quantitative estimate of drug-likeness (QED) is 0.0973.